The third-order valence-electron chi connectivity index (χ3n) is 5.34. The summed E-state index contributed by atoms with van der Waals surface area (Å²) in [5.74, 6) is -2.40. The van der Waals surface area contributed by atoms with E-state index in [1.165, 1.54) is 32.4 Å². The number of ether oxygens (including phenoxy) is 2. The fraction of sp³-hybridized carbons (Fsp3) is 0.304. The molecule has 1 N–H and O–H groups in total. The molecule has 0 radical (unpaired) electrons. The maximum atomic E-state index is 12.8. The number of methoxy groups -OCH3 is 2. The summed E-state index contributed by atoms with van der Waals surface area (Å²) < 4.78 is 9.41. The first kappa shape index (κ1) is 22.0. The molecule has 0 bridgehead atoms. The first-order valence-corrected chi connectivity index (χ1v) is 9.73. The van der Waals surface area contributed by atoms with E-state index in [4.69, 9.17) is 9.47 Å². The van der Waals surface area contributed by atoms with E-state index in [1.54, 1.807) is 4.90 Å². The number of nitrogens with zero attached hydrogens (tertiary/aromatic N) is 1. The van der Waals surface area contributed by atoms with Gasteiger partial charge < -0.3 is 19.7 Å². The summed E-state index contributed by atoms with van der Waals surface area (Å²) in [5.41, 5.74) is 3.37. The van der Waals surface area contributed by atoms with Crippen molar-refractivity contribution >= 4 is 35.1 Å². The molecule has 0 aromatic heterocycles. The van der Waals surface area contributed by atoms with Crippen LogP contribution in [0, 0.1) is 19.8 Å². The van der Waals surface area contributed by atoms with Crippen molar-refractivity contribution in [3.8, 4) is 0 Å². The van der Waals surface area contributed by atoms with Crippen molar-refractivity contribution in [1.29, 1.82) is 0 Å². The first-order chi connectivity index (χ1) is 14.7. The van der Waals surface area contributed by atoms with Gasteiger partial charge in [0, 0.05) is 24.3 Å². The Hall–Kier alpha value is -3.68. The van der Waals surface area contributed by atoms with Crippen LogP contribution in [0.4, 0.5) is 11.4 Å². The van der Waals surface area contributed by atoms with Crippen LogP contribution in [0.3, 0.4) is 0 Å². The van der Waals surface area contributed by atoms with Crippen molar-refractivity contribution in [2.24, 2.45) is 5.92 Å². The Morgan fingerprint density at radius 3 is 2.10 bits per heavy atom. The van der Waals surface area contributed by atoms with Gasteiger partial charge in [-0.2, -0.15) is 0 Å². The molecule has 2 aromatic rings. The summed E-state index contributed by atoms with van der Waals surface area (Å²) in [6.45, 7) is 4.21. The maximum Gasteiger partial charge on any atom is 0.337 e. The highest BCUT2D eigenvalue weighted by molar-refractivity contribution is 6.04. The van der Waals surface area contributed by atoms with Crippen LogP contribution in [0.2, 0.25) is 0 Å². The van der Waals surface area contributed by atoms with Gasteiger partial charge in [-0.3, -0.25) is 9.59 Å². The van der Waals surface area contributed by atoms with Crippen molar-refractivity contribution in [3.05, 3.63) is 58.7 Å². The van der Waals surface area contributed by atoms with Crippen molar-refractivity contribution in [1.82, 2.24) is 0 Å². The number of hydrogen-bond donors (Lipinski definition) is 1. The van der Waals surface area contributed by atoms with Gasteiger partial charge >= 0.3 is 11.9 Å². The second kappa shape index (κ2) is 8.99. The third-order valence-corrected chi connectivity index (χ3v) is 5.34. The minimum absolute atomic E-state index is 0.0688. The van der Waals surface area contributed by atoms with Gasteiger partial charge in [-0.1, -0.05) is 6.07 Å². The second-order valence-corrected chi connectivity index (χ2v) is 7.45. The van der Waals surface area contributed by atoms with Gasteiger partial charge in [0.1, 0.15) is 0 Å². The number of carbonyl (C=O) groups excluding carboxylic acids is 4. The van der Waals surface area contributed by atoms with Crippen LogP contribution in [0.1, 0.15) is 38.3 Å². The van der Waals surface area contributed by atoms with E-state index in [-0.39, 0.29) is 41.6 Å². The fourth-order valence-electron chi connectivity index (χ4n) is 3.44. The van der Waals surface area contributed by atoms with E-state index < -0.39 is 17.9 Å². The second-order valence-electron chi connectivity index (χ2n) is 7.45. The molecule has 8 nitrogen and oxygen atoms in total. The topological polar surface area (TPSA) is 102 Å². The molecule has 31 heavy (non-hydrogen) atoms. The van der Waals surface area contributed by atoms with Crippen molar-refractivity contribution in [2.75, 3.05) is 31.0 Å². The van der Waals surface area contributed by atoms with Crippen LogP contribution in [0.15, 0.2) is 36.4 Å². The predicted octanol–water partition coefficient (Wildman–Crippen LogP) is 2.87. The van der Waals surface area contributed by atoms with E-state index >= 15 is 0 Å². The molecule has 0 spiro atoms. The van der Waals surface area contributed by atoms with Crippen LogP contribution in [-0.2, 0) is 19.1 Å². The fourth-order valence-corrected chi connectivity index (χ4v) is 3.44. The predicted molar refractivity (Wildman–Crippen MR) is 114 cm³/mol. The minimum atomic E-state index is -0.654. The quantitative estimate of drug-likeness (QED) is 0.741. The summed E-state index contributed by atoms with van der Waals surface area (Å²) >= 11 is 0. The molecule has 1 saturated heterocycles. The first-order valence-electron chi connectivity index (χ1n) is 9.73. The molecule has 1 aliphatic rings. The Kier molecular flexibility index (Phi) is 6.39. The lowest BCUT2D eigenvalue weighted by atomic mass is 10.1. The number of hydrogen-bond acceptors (Lipinski definition) is 6. The molecular weight excluding hydrogens is 400 g/mol. The Balaban J connectivity index is 1.79. The molecule has 3 rings (SSSR count). The number of benzene rings is 2. The summed E-state index contributed by atoms with van der Waals surface area (Å²) in [6.07, 6.45) is 0.0688. The van der Waals surface area contributed by atoms with E-state index in [9.17, 15) is 19.2 Å². The molecule has 0 aliphatic carbocycles. The van der Waals surface area contributed by atoms with E-state index in [2.05, 4.69) is 5.32 Å². The lowest BCUT2D eigenvalue weighted by molar-refractivity contribution is -0.122. The average Bonchev–Trinajstić information content (AvgIpc) is 3.16. The van der Waals surface area contributed by atoms with Gasteiger partial charge in [0.05, 0.1) is 31.3 Å². The SMILES string of the molecule is COC(=O)c1cc(NC(=O)C2CC(=O)N(c3ccc(C)c(C)c3)C2)cc(C(=O)OC)c1. The molecule has 0 saturated carbocycles. The van der Waals surface area contributed by atoms with Gasteiger partial charge in [0.25, 0.3) is 0 Å². The minimum Gasteiger partial charge on any atom is -0.465 e. The molecular formula is C23H24N2O6. The highest BCUT2D eigenvalue weighted by Gasteiger charge is 2.35. The molecule has 1 atom stereocenters. The number of amides is 2. The van der Waals surface area contributed by atoms with Crippen molar-refractivity contribution in [2.45, 2.75) is 20.3 Å². The van der Waals surface area contributed by atoms with Gasteiger partial charge in [0.15, 0.2) is 0 Å². The number of aryl methyl sites for hydroxylation is 2. The highest BCUT2D eigenvalue weighted by Crippen LogP contribution is 2.28. The summed E-state index contributed by atoms with van der Waals surface area (Å²) in [5, 5.41) is 2.70. The molecule has 162 valence electrons. The zero-order chi connectivity index (χ0) is 22.7. The van der Waals surface area contributed by atoms with Crippen LogP contribution in [-0.4, -0.2) is 44.5 Å². The Labute approximate surface area is 180 Å². The van der Waals surface area contributed by atoms with Crippen LogP contribution in [0.5, 0.6) is 0 Å². The van der Waals surface area contributed by atoms with Gasteiger partial charge in [-0.15, -0.1) is 0 Å². The summed E-state index contributed by atoms with van der Waals surface area (Å²) in [4.78, 5) is 50.8. The Morgan fingerprint density at radius 2 is 1.55 bits per heavy atom. The average molecular weight is 424 g/mol. The van der Waals surface area contributed by atoms with Gasteiger partial charge in [-0.25, -0.2) is 9.59 Å². The van der Waals surface area contributed by atoms with E-state index in [0.29, 0.717) is 0 Å². The number of anilines is 2. The Bertz CT molecular complexity index is 1030. The largest absolute Gasteiger partial charge is 0.465 e. The molecule has 2 amide bonds. The lowest BCUT2D eigenvalue weighted by Gasteiger charge is -2.18. The monoisotopic (exact) mass is 424 g/mol. The van der Waals surface area contributed by atoms with E-state index in [1.807, 2.05) is 32.0 Å². The van der Waals surface area contributed by atoms with Crippen LogP contribution in [0.25, 0.3) is 0 Å². The smallest absolute Gasteiger partial charge is 0.337 e. The highest BCUT2D eigenvalue weighted by atomic mass is 16.5. The Morgan fingerprint density at radius 1 is 0.935 bits per heavy atom. The molecule has 1 heterocycles. The molecule has 2 aromatic carbocycles. The summed E-state index contributed by atoms with van der Waals surface area (Å²) in [7, 11) is 2.44. The lowest BCUT2D eigenvalue weighted by Crippen LogP contribution is -2.28. The van der Waals surface area contributed by atoms with Crippen LogP contribution < -0.4 is 10.2 Å². The maximum absolute atomic E-state index is 12.8. The molecule has 8 heteroatoms. The zero-order valence-corrected chi connectivity index (χ0v) is 17.9. The van der Waals surface area contributed by atoms with Crippen molar-refractivity contribution in [3.63, 3.8) is 0 Å². The van der Waals surface area contributed by atoms with Crippen LogP contribution >= 0.6 is 0 Å². The zero-order valence-electron chi connectivity index (χ0n) is 17.9. The summed E-state index contributed by atoms with van der Waals surface area (Å²) in [6, 6.07) is 9.88. The molecule has 1 aliphatic heterocycles. The van der Waals surface area contributed by atoms with E-state index in [0.717, 1.165) is 16.8 Å². The third kappa shape index (κ3) is 4.74. The normalized spacial score (nSPS) is 15.5. The molecule has 1 unspecified atom stereocenters. The number of nitrogens with one attached hydrogen (secondary N) is 1. The standard InChI is InChI=1S/C23H24N2O6/c1-13-5-6-19(7-14(13)2)25-12-17(11-20(25)26)21(27)24-18-9-15(22(28)30-3)8-16(10-18)23(29)31-4/h5-10,17H,11-12H2,1-4H3,(H,24,27). The van der Waals surface area contributed by atoms with Crippen molar-refractivity contribution < 1.29 is 28.7 Å². The van der Waals surface area contributed by atoms with Gasteiger partial charge in [0.2, 0.25) is 11.8 Å². The number of carbonyl (C=O) groups is 4. The van der Waals surface area contributed by atoms with Gasteiger partial charge in [-0.05, 0) is 55.3 Å². The number of esters is 2. The number of rotatable bonds is 5. The molecule has 1 fully saturated rings.